The summed E-state index contributed by atoms with van der Waals surface area (Å²) in [5.41, 5.74) is 3.41. The molecule has 1 amide bonds. The van der Waals surface area contributed by atoms with Crippen molar-refractivity contribution in [2.75, 3.05) is 5.32 Å². The molecular weight excluding hydrogens is 264 g/mol. The molecule has 0 unspecified atom stereocenters. The third-order valence-electron chi connectivity index (χ3n) is 3.12. The SMILES string of the molecule is CCc1cc(NC(=O)c2cnc3ccccc3n2)ccn1. The molecule has 3 aromatic rings. The van der Waals surface area contributed by atoms with Crippen molar-refractivity contribution in [2.24, 2.45) is 0 Å². The number of aromatic nitrogens is 3. The first-order valence-electron chi connectivity index (χ1n) is 6.74. The van der Waals surface area contributed by atoms with E-state index in [2.05, 4.69) is 20.3 Å². The zero-order chi connectivity index (χ0) is 14.7. The number of hydrogen-bond acceptors (Lipinski definition) is 4. The smallest absolute Gasteiger partial charge is 0.275 e. The highest BCUT2D eigenvalue weighted by Crippen LogP contribution is 2.12. The standard InChI is InChI=1S/C16H14N4O/c1-2-11-9-12(7-8-17-11)19-16(21)15-10-18-13-5-3-4-6-14(13)20-15/h3-10H,2H2,1H3,(H,17,19,21). The zero-order valence-electron chi connectivity index (χ0n) is 11.6. The maximum Gasteiger partial charge on any atom is 0.275 e. The van der Waals surface area contributed by atoms with Gasteiger partial charge in [-0.1, -0.05) is 19.1 Å². The molecule has 5 heteroatoms. The quantitative estimate of drug-likeness (QED) is 0.800. The molecule has 0 aliphatic carbocycles. The zero-order valence-corrected chi connectivity index (χ0v) is 11.6. The number of benzene rings is 1. The molecule has 0 aliphatic heterocycles. The van der Waals surface area contributed by atoms with Crippen molar-refractivity contribution in [3.8, 4) is 0 Å². The second-order valence-corrected chi connectivity index (χ2v) is 4.59. The number of nitrogens with one attached hydrogen (secondary N) is 1. The van der Waals surface area contributed by atoms with Crippen LogP contribution in [0.5, 0.6) is 0 Å². The van der Waals surface area contributed by atoms with E-state index in [9.17, 15) is 4.79 Å². The molecule has 2 heterocycles. The molecule has 5 nitrogen and oxygen atoms in total. The number of nitrogens with zero attached hydrogens (tertiary/aromatic N) is 3. The van der Waals surface area contributed by atoms with E-state index in [4.69, 9.17) is 0 Å². The first-order valence-corrected chi connectivity index (χ1v) is 6.74. The lowest BCUT2D eigenvalue weighted by Gasteiger charge is -2.06. The Bertz CT molecular complexity index is 801. The topological polar surface area (TPSA) is 67.8 Å². The molecule has 0 bridgehead atoms. The third-order valence-corrected chi connectivity index (χ3v) is 3.12. The molecule has 104 valence electrons. The minimum atomic E-state index is -0.276. The maximum absolute atomic E-state index is 12.2. The van der Waals surface area contributed by atoms with E-state index in [1.165, 1.54) is 6.20 Å². The number of hydrogen-bond donors (Lipinski definition) is 1. The van der Waals surface area contributed by atoms with Crippen molar-refractivity contribution in [2.45, 2.75) is 13.3 Å². The van der Waals surface area contributed by atoms with E-state index in [1.54, 1.807) is 12.3 Å². The predicted octanol–water partition coefficient (Wildman–Crippen LogP) is 2.84. The molecule has 0 saturated heterocycles. The van der Waals surface area contributed by atoms with Crippen molar-refractivity contribution < 1.29 is 4.79 Å². The average Bonchev–Trinajstić information content (AvgIpc) is 2.54. The van der Waals surface area contributed by atoms with E-state index >= 15 is 0 Å². The van der Waals surface area contributed by atoms with Crippen LogP contribution in [0.2, 0.25) is 0 Å². The van der Waals surface area contributed by atoms with Crippen LogP contribution in [0.25, 0.3) is 11.0 Å². The van der Waals surface area contributed by atoms with Crippen LogP contribution in [-0.4, -0.2) is 20.9 Å². The molecular formula is C16H14N4O. The largest absolute Gasteiger partial charge is 0.320 e. The highest BCUT2D eigenvalue weighted by molar-refractivity contribution is 6.03. The van der Waals surface area contributed by atoms with Gasteiger partial charge in [0, 0.05) is 17.6 Å². The Morgan fingerprint density at radius 3 is 2.76 bits per heavy atom. The Morgan fingerprint density at radius 2 is 1.95 bits per heavy atom. The summed E-state index contributed by atoms with van der Waals surface area (Å²) in [6, 6.07) is 11.1. The lowest BCUT2D eigenvalue weighted by Crippen LogP contribution is -2.14. The van der Waals surface area contributed by atoms with Gasteiger partial charge in [-0.25, -0.2) is 4.98 Å². The van der Waals surface area contributed by atoms with Crippen LogP contribution >= 0.6 is 0 Å². The summed E-state index contributed by atoms with van der Waals surface area (Å²) in [6.07, 6.45) is 3.99. The van der Waals surface area contributed by atoms with Crippen LogP contribution in [0.3, 0.4) is 0 Å². The normalized spacial score (nSPS) is 10.5. The van der Waals surface area contributed by atoms with Crippen molar-refractivity contribution in [1.29, 1.82) is 0 Å². The van der Waals surface area contributed by atoms with Crippen molar-refractivity contribution >= 4 is 22.6 Å². The van der Waals surface area contributed by atoms with Crippen LogP contribution in [0, 0.1) is 0 Å². The van der Waals surface area contributed by atoms with Crippen LogP contribution in [0.1, 0.15) is 23.1 Å². The molecule has 0 atom stereocenters. The summed E-state index contributed by atoms with van der Waals surface area (Å²) in [7, 11) is 0. The van der Waals surface area contributed by atoms with Gasteiger partial charge in [0.1, 0.15) is 5.69 Å². The minimum absolute atomic E-state index is 0.276. The number of amides is 1. The van der Waals surface area contributed by atoms with Crippen molar-refractivity contribution in [1.82, 2.24) is 15.0 Å². The lowest BCUT2D eigenvalue weighted by atomic mass is 10.2. The second-order valence-electron chi connectivity index (χ2n) is 4.59. The molecule has 0 fully saturated rings. The van der Waals surface area contributed by atoms with Gasteiger partial charge in [0.2, 0.25) is 0 Å². The molecule has 0 radical (unpaired) electrons. The van der Waals surface area contributed by atoms with Gasteiger partial charge in [0.25, 0.3) is 5.91 Å². The van der Waals surface area contributed by atoms with E-state index in [0.29, 0.717) is 16.9 Å². The van der Waals surface area contributed by atoms with Crippen LogP contribution in [0.4, 0.5) is 5.69 Å². The van der Waals surface area contributed by atoms with Gasteiger partial charge in [-0.15, -0.1) is 0 Å². The van der Waals surface area contributed by atoms with Crippen LogP contribution in [0.15, 0.2) is 48.8 Å². The lowest BCUT2D eigenvalue weighted by molar-refractivity contribution is 0.102. The first kappa shape index (κ1) is 13.2. The Labute approximate surface area is 122 Å². The van der Waals surface area contributed by atoms with Gasteiger partial charge in [-0.2, -0.15) is 0 Å². The molecule has 0 spiro atoms. The van der Waals surface area contributed by atoms with Crippen molar-refractivity contribution in [3.05, 3.63) is 60.2 Å². The fourth-order valence-corrected chi connectivity index (χ4v) is 2.01. The first-order chi connectivity index (χ1) is 10.3. The number of carbonyl (C=O) groups is 1. The minimum Gasteiger partial charge on any atom is -0.320 e. The Kier molecular flexibility index (Phi) is 3.55. The molecule has 2 aromatic heterocycles. The Hall–Kier alpha value is -2.82. The second kappa shape index (κ2) is 5.66. The van der Waals surface area contributed by atoms with E-state index in [0.717, 1.165) is 17.6 Å². The molecule has 1 aromatic carbocycles. The maximum atomic E-state index is 12.2. The van der Waals surface area contributed by atoms with E-state index in [-0.39, 0.29) is 5.91 Å². The Morgan fingerprint density at radius 1 is 1.14 bits per heavy atom. The number of fused-ring (bicyclic) bond motifs is 1. The number of carbonyl (C=O) groups excluding carboxylic acids is 1. The highest BCUT2D eigenvalue weighted by Gasteiger charge is 2.09. The van der Waals surface area contributed by atoms with Crippen molar-refractivity contribution in [3.63, 3.8) is 0 Å². The van der Waals surface area contributed by atoms with Gasteiger partial charge in [-0.05, 0) is 30.7 Å². The number of aryl methyl sites for hydroxylation is 1. The average molecular weight is 278 g/mol. The fourth-order valence-electron chi connectivity index (χ4n) is 2.01. The number of para-hydroxylation sites is 2. The molecule has 0 saturated carbocycles. The third kappa shape index (κ3) is 2.86. The van der Waals surface area contributed by atoms with Gasteiger partial charge in [-0.3, -0.25) is 14.8 Å². The number of pyridine rings is 1. The summed E-state index contributed by atoms with van der Waals surface area (Å²) in [4.78, 5) is 25.0. The van der Waals surface area contributed by atoms with Crippen LogP contribution < -0.4 is 5.32 Å². The summed E-state index contributed by atoms with van der Waals surface area (Å²) in [6.45, 7) is 2.02. The predicted molar refractivity (Wildman–Crippen MR) is 81.1 cm³/mol. The van der Waals surface area contributed by atoms with Gasteiger partial charge < -0.3 is 5.32 Å². The number of anilines is 1. The van der Waals surface area contributed by atoms with E-state index < -0.39 is 0 Å². The summed E-state index contributed by atoms with van der Waals surface area (Å²) in [5.74, 6) is -0.276. The molecule has 21 heavy (non-hydrogen) atoms. The fraction of sp³-hybridized carbons (Fsp3) is 0.125. The molecule has 0 aliphatic rings. The Balaban J connectivity index is 1.86. The van der Waals surface area contributed by atoms with Gasteiger partial charge >= 0.3 is 0 Å². The summed E-state index contributed by atoms with van der Waals surface area (Å²) < 4.78 is 0. The summed E-state index contributed by atoms with van der Waals surface area (Å²) >= 11 is 0. The molecule has 3 rings (SSSR count). The highest BCUT2D eigenvalue weighted by atomic mass is 16.1. The van der Waals surface area contributed by atoms with Crippen LogP contribution in [-0.2, 0) is 6.42 Å². The molecule has 1 N–H and O–H groups in total. The van der Waals surface area contributed by atoms with Gasteiger partial charge in [0.15, 0.2) is 0 Å². The number of rotatable bonds is 3. The van der Waals surface area contributed by atoms with E-state index in [1.807, 2.05) is 37.3 Å². The summed E-state index contributed by atoms with van der Waals surface area (Å²) in [5, 5.41) is 2.82. The monoisotopic (exact) mass is 278 g/mol. The van der Waals surface area contributed by atoms with Gasteiger partial charge in [0.05, 0.1) is 17.2 Å².